The van der Waals surface area contributed by atoms with Crippen LogP contribution in [-0.2, 0) is 0 Å². The Labute approximate surface area is 135 Å². The van der Waals surface area contributed by atoms with E-state index in [9.17, 15) is 10.1 Å². The number of hydrogen-bond acceptors (Lipinski definition) is 5. The summed E-state index contributed by atoms with van der Waals surface area (Å²) in [5.41, 5.74) is 1.92. The summed E-state index contributed by atoms with van der Waals surface area (Å²) in [6.45, 7) is 4.84. The molecule has 1 heterocycles. The first kappa shape index (κ1) is 15.1. The molecule has 0 aliphatic carbocycles. The predicted molar refractivity (Wildman–Crippen MR) is 90.3 cm³/mol. The molecule has 1 aliphatic rings. The van der Waals surface area contributed by atoms with E-state index in [1.807, 2.05) is 42.2 Å². The molecule has 6 nitrogen and oxygen atoms in total. The molecule has 0 spiro atoms. The number of rotatable bonds is 5. The lowest BCUT2D eigenvalue weighted by Gasteiger charge is -2.21. The highest BCUT2D eigenvalue weighted by atomic mass is 16.6. The van der Waals surface area contributed by atoms with E-state index in [-0.39, 0.29) is 10.6 Å². The quantitative estimate of drug-likeness (QED) is 0.626. The normalized spacial score (nSPS) is 14.1. The molecule has 1 saturated heterocycles. The third-order valence-electron chi connectivity index (χ3n) is 3.91. The van der Waals surface area contributed by atoms with Crippen molar-refractivity contribution in [3.05, 3.63) is 58.6 Å². The van der Waals surface area contributed by atoms with Gasteiger partial charge >= 0.3 is 0 Å². The summed E-state index contributed by atoms with van der Waals surface area (Å²) in [7, 11) is 0. The minimum Gasteiger partial charge on any atom is -0.494 e. The number of benzene rings is 2. The van der Waals surface area contributed by atoms with Gasteiger partial charge in [-0.3, -0.25) is 10.1 Å². The van der Waals surface area contributed by atoms with Crippen molar-refractivity contribution in [1.82, 2.24) is 0 Å². The summed E-state index contributed by atoms with van der Waals surface area (Å²) >= 11 is 0. The molecule has 1 aliphatic heterocycles. The number of anilines is 2. The van der Waals surface area contributed by atoms with E-state index in [2.05, 4.69) is 4.90 Å². The number of ether oxygens (including phenoxy) is 1. The third-order valence-corrected chi connectivity index (χ3v) is 3.91. The van der Waals surface area contributed by atoms with Gasteiger partial charge in [0.2, 0.25) is 0 Å². The molecule has 120 valence electrons. The summed E-state index contributed by atoms with van der Waals surface area (Å²) in [6.07, 6.45) is 0. The topological polar surface area (TPSA) is 58.8 Å². The molecule has 2 aromatic rings. The van der Waals surface area contributed by atoms with Gasteiger partial charge in [0.25, 0.3) is 5.69 Å². The third kappa shape index (κ3) is 3.21. The van der Waals surface area contributed by atoms with Crippen LogP contribution in [0.4, 0.5) is 17.1 Å². The summed E-state index contributed by atoms with van der Waals surface area (Å²) in [5.74, 6) is 0.853. The van der Waals surface area contributed by atoms with Crippen LogP contribution in [0, 0.1) is 10.1 Å². The van der Waals surface area contributed by atoms with Crippen molar-refractivity contribution in [2.24, 2.45) is 0 Å². The van der Waals surface area contributed by atoms with E-state index < -0.39 is 0 Å². The Morgan fingerprint density at radius 2 is 1.78 bits per heavy atom. The van der Waals surface area contributed by atoms with Crippen LogP contribution in [0.15, 0.2) is 48.5 Å². The fraction of sp³-hybridized carbons (Fsp3) is 0.294. The first-order chi connectivity index (χ1) is 11.2. The Balaban J connectivity index is 1.75. The van der Waals surface area contributed by atoms with Crippen LogP contribution < -0.4 is 14.5 Å². The molecule has 0 aromatic heterocycles. The fourth-order valence-electron chi connectivity index (χ4n) is 2.80. The summed E-state index contributed by atoms with van der Waals surface area (Å²) in [5, 5.41) is 11.2. The molecule has 0 bridgehead atoms. The van der Waals surface area contributed by atoms with Crippen molar-refractivity contribution in [2.45, 2.75) is 6.92 Å². The molecule has 0 unspecified atom stereocenters. The van der Waals surface area contributed by atoms with Gasteiger partial charge in [-0.1, -0.05) is 12.1 Å². The highest BCUT2D eigenvalue weighted by Gasteiger charge is 2.25. The monoisotopic (exact) mass is 313 g/mol. The number of nitro benzene ring substituents is 1. The van der Waals surface area contributed by atoms with Gasteiger partial charge in [-0.25, -0.2) is 0 Å². The average Bonchev–Trinajstić information content (AvgIpc) is 3.06. The van der Waals surface area contributed by atoms with Crippen molar-refractivity contribution < 1.29 is 9.66 Å². The molecule has 6 heteroatoms. The maximum atomic E-state index is 11.2. The van der Waals surface area contributed by atoms with E-state index in [0.717, 1.165) is 24.5 Å². The SMILES string of the molecule is CCOc1ccc(N2CCN(c3ccccc3[N+](=O)[O-])C2)cc1. The van der Waals surface area contributed by atoms with Crippen LogP contribution in [0.5, 0.6) is 5.75 Å². The summed E-state index contributed by atoms with van der Waals surface area (Å²) in [6, 6.07) is 14.8. The Hall–Kier alpha value is -2.76. The van der Waals surface area contributed by atoms with Crippen LogP contribution in [0.2, 0.25) is 0 Å². The number of nitro groups is 1. The smallest absolute Gasteiger partial charge is 0.292 e. The molecule has 0 saturated carbocycles. The van der Waals surface area contributed by atoms with Gasteiger partial charge in [0, 0.05) is 24.8 Å². The van der Waals surface area contributed by atoms with Crippen LogP contribution in [0.25, 0.3) is 0 Å². The molecule has 0 amide bonds. The lowest BCUT2D eigenvalue weighted by atomic mass is 10.2. The maximum absolute atomic E-state index is 11.2. The molecule has 2 aromatic carbocycles. The highest BCUT2D eigenvalue weighted by Crippen LogP contribution is 2.31. The Bertz CT molecular complexity index is 688. The van der Waals surface area contributed by atoms with Gasteiger partial charge in [0.1, 0.15) is 11.4 Å². The van der Waals surface area contributed by atoms with Gasteiger partial charge in [-0.15, -0.1) is 0 Å². The lowest BCUT2D eigenvalue weighted by molar-refractivity contribution is -0.384. The highest BCUT2D eigenvalue weighted by molar-refractivity contribution is 5.65. The molecule has 0 N–H and O–H groups in total. The van der Waals surface area contributed by atoms with Crippen LogP contribution in [-0.4, -0.2) is 31.3 Å². The molecular formula is C17H19N3O3. The van der Waals surface area contributed by atoms with Crippen molar-refractivity contribution in [3.8, 4) is 5.75 Å². The Morgan fingerprint density at radius 1 is 1.09 bits per heavy atom. The Morgan fingerprint density at radius 3 is 2.48 bits per heavy atom. The second-order valence-electron chi connectivity index (χ2n) is 5.34. The molecule has 0 atom stereocenters. The number of hydrogen-bond donors (Lipinski definition) is 0. The largest absolute Gasteiger partial charge is 0.494 e. The predicted octanol–water partition coefficient (Wildman–Crippen LogP) is 3.28. The minimum atomic E-state index is -0.325. The number of nitrogens with zero attached hydrogens (tertiary/aromatic N) is 3. The molecule has 0 radical (unpaired) electrons. The van der Waals surface area contributed by atoms with Crippen molar-refractivity contribution >= 4 is 17.1 Å². The zero-order valence-electron chi connectivity index (χ0n) is 13.0. The van der Waals surface area contributed by atoms with Crippen molar-refractivity contribution in [3.63, 3.8) is 0 Å². The molecule has 23 heavy (non-hydrogen) atoms. The first-order valence-corrected chi connectivity index (χ1v) is 7.65. The van der Waals surface area contributed by atoms with Crippen molar-refractivity contribution in [1.29, 1.82) is 0 Å². The van der Waals surface area contributed by atoms with Crippen LogP contribution >= 0.6 is 0 Å². The van der Waals surface area contributed by atoms with E-state index >= 15 is 0 Å². The standard InChI is InChI=1S/C17H19N3O3/c1-2-23-15-9-7-14(8-10-15)18-11-12-19(13-18)16-5-3-4-6-17(16)20(21)22/h3-10H,2,11-13H2,1H3. The maximum Gasteiger partial charge on any atom is 0.292 e. The molecular weight excluding hydrogens is 294 g/mol. The zero-order chi connectivity index (χ0) is 16.2. The second kappa shape index (κ2) is 6.56. The van der Waals surface area contributed by atoms with E-state index in [1.54, 1.807) is 18.2 Å². The van der Waals surface area contributed by atoms with Gasteiger partial charge in [0.15, 0.2) is 0 Å². The Kier molecular flexibility index (Phi) is 4.32. The van der Waals surface area contributed by atoms with E-state index in [1.165, 1.54) is 0 Å². The zero-order valence-corrected chi connectivity index (χ0v) is 13.0. The van der Waals surface area contributed by atoms with E-state index in [0.29, 0.717) is 19.0 Å². The van der Waals surface area contributed by atoms with Gasteiger partial charge in [0.05, 0.1) is 18.2 Å². The summed E-state index contributed by atoms with van der Waals surface area (Å²) in [4.78, 5) is 15.1. The molecule has 1 fully saturated rings. The van der Waals surface area contributed by atoms with Gasteiger partial charge in [-0.2, -0.15) is 0 Å². The van der Waals surface area contributed by atoms with Gasteiger partial charge in [-0.05, 0) is 37.3 Å². The van der Waals surface area contributed by atoms with Crippen LogP contribution in [0.1, 0.15) is 6.92 Å². The average molecular weight is 313 g/mol. The lowest BCUT2D eigenvalue weighted by Crippen LogP contribution is -2.25. The molecule has 3 rings (SSSR count). The summed E-state index contributed by atoms with van der Waals surface area (Å²) < 4.78 is 5.45. The van der Waals surface area contributed by atoms with Gasteiger partial charge < -0.3 is 14.5 Å². The first-order valence-electron chi connectivity index (χ1n) is 7.65. The minimum absolute atomic E-state index is 0.154. The van der Waals surface area contributed by atoms with Crippen molar-refractivity contribution in [2.75, 3.05) is 36.2 Å². The fourth-order valence-corrected chi connectivity index (χ4v) is 2.80. The second-order valence-corrected chi connectivity index (χ2v) is 5.34. The van der Waals surface area contributed by atoms with Crippen LogP contribution in [0.3, 0.4) is 0 Å². The number of para-hydroxylation sites is 2. The van der Waals surface area contributed by atoms with E-state index in [4.69, 9.17) is 4.74 Å².